The third kappa shape index (κ3) is 5.97. The number of fused-ring (bicyclic) bond motifs is 1. The van der Waals surface area contributed by atoms with Crippen LogP contribution < -0.4 is 15.6 Å². The average Bonchev–Trinajstić information content (AvgIpc) is 2.85. The molecule has 4 rings (SSSR count). The van der Waals surface area contributed by atoms with Crippen LogP contribution in [-0.2, 0) is 16.1 Å². The van der Waals surface area contributed by atoms with Gasteiger partial charge in [-0.25, -0.2) is 5.10 Å². The summed E-state index contributed by atoms with van der Waals surface area (Å²) in [6, 6.07) is 15.3. The van der Waals surface area contributed by atoms with Gasteiger partial charge >= 0.3 is 0 Å². The van der Waals surface area contributed by atoms with E-state index in [-0.39, 0.29) is 11.5 Å². The lowest BCUT2D eigenvalue weighted by molar-refractivity contribution is -0.122. The van der Waals surface area contributed by atoms with Crippen molar-refractivity contribution in [1.82, 2.24) is 20.4 Å². The van der Waals surface area contributed by atoms with Gasteiger partial charge in [0, 0.05) is 31.6 Å². The highest BCUT2D eigenvalue weighted by atomic mass is 16.5. The number of ether oxygens (including phenoxy) is 2. The topological polar surface area (TPSA) is 96.5 Å². The number of amides is 1. The van der Waals surface area contributed by atoms with E-state index in [2.05, 4.69) is 32.5 Å². The van der Waals surface area contributed by atoms with E-state index in [4.69, 9.17) is 9.47 Å². The van der Waals surface area contributed by atoms with Crippen molar-refractivity contribution in [2.24, 2.45) is 0 Å². The van der Waals surface area contributed by atoms with Crippen molar-refractivity contribution in [3.63, 3.8) is 0 Å². The molecule has 0 bridgehead atoms. The molecular weight excluding hydrogens is 420 g/mol. The number of nitrogens with zero attached hydrogens (tertiary/aromatic N) is 2. The molecule has 1 saturated heterocycles. The third-order valence-corrected chi connectivity index (χ3v) is 5.85. The van der Waals surface area contributed by atoms with Gasteiger partial charge in [-0.15, -0.1) is 0 Å². The molecule has 174 valence electrons. The van der Waals surface area contributed by atoms with Crippen LogP contribution in [0, 0.1) is 0 Å². The van der Waals surface area contributed by atoms with Crippen molar-refractivity contribution in [3.8, 4) is 5.75 Å². The monoisotopic (exact) mass is 450 g/mol. The summed E-state index contributed by atoms with van der Waals surface area (Å²) in [7, 11) is 0. The van der Waals surface area contributed by atoms with Gasteiger partial charge in [-0.1, -0.05) is 30.3 Å². The molecule has 1 aliphatic heterocycles. The molecule has 8 heteroatoms. The molecule has 0 aliphatic carbocycles. The van der Waals surface area contributed by atoms with Crippen molar-refractivity contribution in [3.05, 3.63) is 70.1 Å². The minimum absolute atomic E-state index is 0.132. The number of benzene rings is 2. The Hall–Kier alpha value is -3.23. The number of hydrogen-bond acceptors (Lipinski definition) is 6. The van der Waals surface area contributed by atoms with Crippen molar-refractivity contribution in [2.45, 2.75) is 25.8 Å². The predicted octanol–water partition coefficient (Wildman–Crippen LogP) is 2.44. The fourth-order valence-corrected chi connectivity index (χ4v) is 3.93. The van der Waals surface area contributed by atoms with Gasteiger partial charge in [-0.05, 0) is 37.1 Å². The lowest BCUT2D eigenvalue weighted by atomic mass is 10.0. The summed E-state index contributed by atoms with van der Waals surface area (Å²) >= 11 is 0. The zero-order valence-electron chi connectivity index (χ0n) is 18.9. The van der Waals surface area contributed by atoms with Crippen LogP contribution in [-0.4, -0.2) is 60.5 Å². The first-order chi connectivity index (χ1) is 16.1. The molecular formula is C25H30N4O4. The van der Waals surface area contributed by atoms with Crippen molar-refractivity contribution < 1.29 is 14.3 Å². The SMILES string of the molecule is CC(C(=O)NCCCOc1ccc(CN2CCOCC2)cc1)c1n[nH]c(=O)c2ccccc12. The van der Waals surface area contributed by atoms with Gasteiger partial charge in [0.1, 0.15) is 5.75 Å². The molecule has 2 aromatic carbocycles. The first-order valence-corrected chi connectivity index (χ1v) is 11.4. The van der Waals surface area contributed by atoms with Crippen LogP contribution in [0.4, 0.5) is 0 Å². The Balaban J connectivity index is 1.20. The van der Waals surface area contributed by atoms with Gasteiger partial charge < -0.3 is 14.8 Å². The zero-order chi connectivity index (χ0) is 23.0. The molecule has 1 atom stereocenters. The van der Waals surface area contributed by atoms with Gasteiger partial charge in [0.15, 0.2) is 0 Å². The summed E-state index contributed by atoms with van der Waals surface area (Å²) < 4.78 is 11.2. The first kappa shape index (κ1) is 22.9. The normalized spacial score (nSPS) is 15.3. The maximum Gasteiger partial charge on any atom is 0.272 e. The Morgan fingerprint density at radius 3 is 2.64 bits per heavy atom. The van der Waals surface area contributed by atoms with Crippen molar-refractivity contribution in [1.29, 1.82) is 0 Å². The zero-order valence-corrected chi connectivity index (χ0v) is 18.9. The van der Waals surface area contributed by atoms with Gasteiger partial charge in [-0.3, -0.25) is 14.5 Å². The molecule has 1 amide bonds. The molecule has 3 aromatic rings. The molecule has 8 nitrogen and oxygen atoms in total. The van der Waals surface area contributed by atoms with Crippen LogP contribution in [0.2, 0.25) is 0 Å². The Labute approximate surface area is 192 Å². The number of morpholine rings is 1. The Morgan fingerprint density at radius 1 is 1.15 bits per heavy atom. The van der Waals surface area contributed by atoms with Crippen LogP contribution in [0.3, 0.4) is 0 Å². The summed E-state index contributed by atoms with van der Waals surface area (Å²) in [5.74, 6) is 0.211. The highest BCUT2D eigenvalue weighted by Crippen LogP contribution is 2.21. The molecule has 2 heterocycles. The van der Waals surface area contributed by atoms with Crippen LogP contribution in [0.15, 0.2) is 53.3 Å². The number of aromatic amines is 1. The number of aromatic nitrogens is 2. The van der Waals surface area contributed by atoms with Crippen LogP contribution >= 0.6 is 0 Å². The second kappa shape index (κ2) is 11.1. The standard InChI is InChI=1S/C25H30N4O4/c1-18(23-21-5-2-3-6-22(21)25(31)28-27-23)24(30)26-11-4-14-33-20-9-7-19(8-10-20)17-29-12-15-32-16-13-29/h2-3,5-10,18H,4,11-17H2,1H3,(H,26,30)(H,28,31). The lowest BCUT2D eigenvalue weighted by Gasteiger charge is -2.26. The van der Waals surface area contributed by atoms with E-state index in [0.717, 1.165) is 38.6 Å². The van der Waals surface area contributed by atoms with E-state index in [1.807, 2.05) is 24.3 Å². The van der Waals surface area contributed by atoms with Crippen LogP contribution in [0.1, 0.15) is 30.5 Å². The number of H-pyrrole nitrogens is 1. The Morgan fingerprint density at radius 2 is 1.88 bits per heavy atom. The molecule has 0 radical (unpaired) electrons. The average molecular weight is 451 g/mol. The van der Waals surface area contributed by atoms with Crippen LogP contribution in [0.5, 0.6) is 5.75 Å². The summed E-state index contributed by atoms with van der Waals surface area (Å²) in [6.07, 6.45) is 0.688. The van der Waals surface area contributed by atoms with Crippen LogP contribution in [0.25, 0.3) is 10.8 Å². The van der Waals surface area contributed by atoms with Gasteiger partial charge in [-0.2, -0.15) is 5.10 Å². The fourth-order valence-electron chi connectivity index (χ4n) is 3.93. The molecule has 33 heavy (non-hydrogen) atoms. The maximum atomic E-state index is 12.6. The summed E-state index contributed by atoms with van der Waals surface area (Å²) in [5.41, 5.74) is 1.57. The van der Waals surface area contributed by atoms with E-state index in [9.17, 15) is 9.59 Å². The molecule has 1 aliphatic rings. The van der Waals surface area contributed by atoms with Gasteiger partial charge in [0.05, 0.1) is 36.8 Å². The Kier molecular flexibility index (Phi) is 7.70. The van der Waals surface area contributed by atoms with E-state index in [1.165, 1.54) is 5.56 Å². The minimum atomic E-state index is -0.480. The second-order valence-electron chi connectivity index (χ2n) is 8.23. The molecule has 0 spiro atoms. The number of nitrogens with one attached hydrogen (secondary N) is 2. The lowest BCUT2D eigenvalue weighted by Crippen LogP contribution is -2.35. The summed E-state index contributed by atoms with van der Waals surface area (Å²) in [6.45, 7) is 7.26. The largest absolute Gasteiger partial charge is 0.494 e. The van der Waals surface area contributed by atoms with Gasteiger partial charge in [0.25, 0.3) is 5.56 Å². The van der Waals surface area contributed by atoms with Gasteiger partial charge in [0.2, 0.25) is 5.91 Å². The number of carbonyl (C=O) groups is 1. The minimum Gasteiger partial charge on any atom is -0.494 e. The maximum absolute atomic E-state index is 12.6. The molecule has 1 aromatic heterocycles. The smallest absolute Gasteiger partial charge is 0.272 e. The molecule has 0 saturated carbocycles. The van der Waals surface area contributed by atoms with E-state index in [0.29, 0.717) is 36.0 Å². The predicted molar refractivity (Wildman–Crippen MR) is 126 cm³/mol. The highest BCUT2D eigenvalue weighted by Gasteiger charge is 2.20. The quantitative estimate of drug-likeness (QED) is 0.486. The van der Waals surface area contributed by atoms with E-state index >= 15 is 0 Å². The molecule has 1 unspecified atom stereocenters. The van der Waals surface area contributed by atoms with E-state index in [1.54, 1.807) is 19.1 Å². The van der Waals surface area contributed by atoms with E-state index < -0.39 is 5.92 Å². The second-order valence-corrected chi connectivity index (χ2v) is 8.23. The Bertz CT molecular complexity index is 1120. The number of rotatable bonds is 9. The fraction of sp³-hybridized carbons (Fsp3) is 0.400. The highest BCUT2D eigenvalue weighted by molar-refractivity contribution is 5.90. The first-order valence-electron chi connectivity index (χ1n) is 11.4. The third-order valence-electron chi connectivity index (χ3n) is 5.85. The van der Waals surface area contributed by atoms with Crippen molar-refractivity contribution in [2.75, 3.05) is 39.5 Å². The molecule has 1 fully saturated rings. The summed E-state index contributed by atoms with van der Waals surface area (Å²) in [5, 5.41) is 10.8. The summed E-state index contributed by atoms with van der Waals surface area (Å²) in [4.78, 5) is 26.9. The number of carbonyl (C=O) groups excluding carboxylic acids is 1. The van der Waals surface area contributed by atoms with Crippen molar-refractivity contribution >= 4 is 16.7 Å². The number of hydrogen-bond donors (Lipinski definition) is 2. The molecule has 2 N–H and O–H groups in total.